The number of aliphatic hydroxyl groups excluding tert-OH is 1. The number of hydrogen-bond donors (Lipinski definition) is 1. The Bertz CT molecular complexity index is 692. The highest BCUT2D eigenvalue weighted by molar-refractivity contribution is 5.95. The van der Waals surface area contributed by atoms with E-state index >= 15 is 0 Å². The Morgan fingerprint density at radius 1 is 1.19 bits per heavy atom. The third kappa shape index (κ3) is 3.16. The Balaban J connectivity index is 1.93. The van der Waals surface area contributed by atoms with Crippen LogP contribution in [0.25, 0.3) is 0 Å². The highest BCUT2D eigenvalue weighted by Gasteiger charge is 2.49. The van der Waals surface area contributed by atoms with Gasteiger partial charge in [-0.3, -0.25) is 9.59 Å². The molecule has 1 aromatic carbocycles. The van der Waals surface area contributed by atoms with E-state index in [0.717, 1.165) is 6.42 Å². The number of esters is 2. The van der Waals surface area contributed by atoms with Gasteiger partial charge in [-0.05, 0) is 43.7 Å². The first-order valence-electron chi connectivity index (χ1n) is 9.27. The highest BCUT2D eigenvalue weighted by Crippen LogP contribution is 2.54. The highest BCUT2D eigenvalue weighted by atomic mass is 16.6. The van der Waals surface area contributed by atoms with Crippen LogP contribution in [0.2, 0.25) is 0 Å². The molecule has 1 N–H and O–H groups in total. The summed E-state index contributed by atoms with van der Waals surface area (Å²) in [6.45, 7) is 3.93. The van der Waals surface area contributed by atoms with Crippen molar-refractivity contribution in [3.63, 3.8) is 0 Å². The van der Waals surface area contributed by atoms with Crippen LogP contribution in [0.4, 0.5) is 0 Å². The summed E-state index contributed by atoms with van der Waals surface area (Å²) in [5.41, 5.74) is 2.07. The number of carbonyl (C=O) groups is 2. The normalized spacial score (nSPS) is 26.3. The summed E-state index contributed by atoms with van der Waals surface area (Å²) >= 11 is 0. The summed E-state index contributed by atoms with van der Waals surface area (Å²) in [7, 11) is 0. The van der Waals surface area contributed by atoms with Crippen LogP contribution in [0.3, 0.4) is 0 Å². The molecule has 0 unspecified atom stereocenters. The molecule has 3 rings (SSSR count). The van der Waals surface area contributed by atoms with Crippen molar-refractivity contribution in [3.8, 4) is 0 Å². The first-order chi connectivity index (χ1) is 12.6. The molecule has 5 nitrogen and oxygen atoms in total. The average Bonchev–Trinajstić information content (AvgIpc) is 2.97. The summed E-state index contributed by atoms with van der Waals surface area (Å²) in [6, 6.07) is 8.16. The fraction of sp³-hybridized carbons (Fsp3) is 0.524. The summed E-state index contributed by atoms with van der Waals surface area (Å²) < 4.78 is 10.3. The van der Waals surface area contributed by atoms with E-state index < -0.39 is 17.9 Å². The molecule has 2 aliphatic carbocycles. The van der Waals surface area contributed by atoms with Crippen molar-refractivity contribution >= 4 is 11.9 Å². The molecule has 0 heterocycles. The number of rotatable bonds is 6. The standard InChI is InChI=1S/C21H26O5/c1-3-25-19(23)18(20(24)26-4-2)14-9-10-21(13-22)12-15-7-5-6-8-16(15)17(21)11-14/h5-10,14,17-18,22H,3-4,11-13H2,1-2H3/t14-,17-,21+/m0/s1. The molecule has 0 spiro atoms. The van der Waals surface area contributed by atoms with Crippen molar-refractivity contribution in [3.05, 3.63) is 47.5 Å². The lowest BCUT2D eigenvalue weighted by Gasteiger charge is -2.38. The van der Waals surface area contributed by atoms with Crippen LogP contribution in [0.15, 0.2) is 36.4 Å². The Morgan fingerprint density at radius 3 is 2.46 bits per heavy atom. The average molecular weight is 358 g/mol. The molecule has 0 bridgehead atoms. The molecule has 0 saturated carbocycles. The molecule has 3 atom stereocenters. The molecule has 0 amide bonds. The molecule has 0 aromatic heterocycles. The smallest absolute Gasteiger partial charge is 0.320 e. The van der Waals surface area contributed by atoms with Gasteiger partial charge in [0.05, 0.1) is 19.8 Å². The molecule has 140 valence electrons. The van der Waals surface area contributed by atoms with E-state index in [1.807, 2.05) is 24.3 Å². The van der Waals surface area contributed by atoms with Crippen LogP contribution in [0.1, 0.15) is 37.3 Å². The van der Waals surface area contributed by atoms with Crippen LogP contribution in [0.5, 0.6) is 0 Å². The zero-order valence-corrected chi connectivity index (χ0v) is 15.3. The SMILES string of the molecule is CCOC(=O)C(C(=O)OCC)[C@H]1C=C[C@]2(CO)Cc3ccccc3[C@@H]2C1. The zero-order valence-electron chi connectivity index (χ0n) is 15.3. The lowest BCUT2D eigenvalue weighted by Crippen LogP contribution is -2.39. The zero-order chi connectivity index (χ0) is 18.7. The van der Waals surface area contributed by atoms with Crippen molar-refractivity contribution in [1.29, 1.82) is 0 Å². The van der Waals surface area contributed by atoms with Gasteiger partial charge in [0.2, 0.25) is 0 Å². The quantitative estimate of drug-likeness (QED) is 0.481. The maximum Gasteiger partial charge on any atom is 0.320 e. The molecule has 5 heteroatoms. The number of carbonyl (C=O) groups excluding carboxylic acids is 2. The van der Waals surface area contributed by atoms with E-state index in [1.54, 1.807) is 13.8 Å². The van der Waals surface area contributed by atoms with Crippen LogP contribution >= 0.6 is 0 Å². The number of benzene rings is 1. The van der Waals surface area contributed by atoms with Crippen LogP contribution in [-0.4, -0.2) is 36.9 Å². The summed E-state index contributed by atoms with van der Waals surface area (Å²) in [4.78, 5) is 24.9. The fourth-order valence-corrected chi connectivity index (χ4v) is 4.40. The predicted octanol–water partition coefficient (Wildman–Crippen LogP) is 2.62. The fourth-order valence-electron chi connectivity index (χ4n) is 4.40. The third-order valence-electron chi connectivity index (χ3n) is 5.63. The van der Waals surface area contributed by atoms with Crippen molar-refractivity contribution in [2.24, 2.45) is 17.3 Å². The molecular formula is C21H26O5. The predicted molar refractivity (Wildman–Crippen MR) is 96.4 cm³/mol. The minimum Gasteiger partial charge on any atom is -0.465 e. The first kappa shape index (κ1) is 18.6. The lowest BCUT2D eigenvalue weighted by molar-refractivity contribution is -0.164. The van der Waals surface area contributed by atoms with E-state index in [9.17, 15) is 14.7 Å². The van der Waals surface area contributed by atoms with E-state index in [1.165, 1.54) is 11.1 Å². The van der Waals surface area contributed by atoms with E-state index in [-0.39, 0.29) is 37.1 Å². The number of aliphatic hydroxyl groups is 1. The van der Waals surface area contributed by atoms with E-state index in [0.29, 0.717) is 6.42 Å². The Hall–Kier alpha value is -2.14. The second-order valence-corrected chi connectivity index (χ2v) is 7.06. The molecule has 26 heavy (non-hydrogen) atoms. The summed E-state index contributed by atoms with van der Waals surface area (Å²) in [5.74, 6) is -2.27. The van der Waals surface area contributed by atoms with Crippen molar-refractivity contribution in [2.75, 3.05) is 19.8 Å². The maximum atomic E-state index is 12.4. The van der Waals surface area contributed by atoms with Gasteiger partial charge in [-0.15, -0.1) is 0 Å². The van der Waals surface area contributed by atoms with E-state index in [2.05, 4.69) is 12.1 Å². The van der Waals surface area contributed by atoms with Crippen LogP contribution in [0, 0.1) is 17.3 Å². The van der Waals surface area contributed by atoms with Gasteiger partial charge in [0.25, 0.3) is 0 Å². The van der Waals surface area contributed by atoms with Gasteiger partial charge >= 0.3 is 11.9 Å². The molecule has 0 aliphatic heterocycles. The largest absolute Gasteiger partial charge is 0.465 e. The molecule has 0 radical (unpaired) electrons. The molecule has 0 fully saturated rings. The maximum absolute atomic E-state index is 12.4. The number of fused-ring (bicyclic) bond motifs is 3. The molecule has 2 aliphatic rings. The number of allylic oxidation sites excluding steroid dienone is 1. The van der Waals surface area contributed by atoms with Gasteiger partial charge in [-0.25, -0.2) is 0 Å². The number of ether oxygens (including phenoxy) is 2. The van der Waals surface area contributed by atoms with Crippen LogP contribution in [-0.2, 0) is 25.5 Å². The second-order valence-electron chi connectivity index (χ2n) is 7.06. The second kappa shape index (κ2) is 7.62. The first-order valence-corrected chi connectivity index (χ1v) is 9.27. The van der Waals surface area contributed by atoms with Gasteiger partial charge in [-0.1, -0.05) is 36.4 Å². The molecular weight excluding hydrogens is 332 g/mol. The van der Waals surface area contributed by atoms with E-state index in [4.69, 9.17) is 9.47 Å². The monoisotopic (exact) mass is 358 g/mol. The lowest BCUT2D eigenvalue weighted by atomic mass is 9.66. The Labute approximate surface area is 154 Å². The molecule has 1 aromatic rings. The summed E-state index contributed by atoms with van der Waals surface area (Å²) in [6.07, 6.45) is 5.28. The van der Waals surface area contributed by atoms with Crippen molar-refractivity contribution in [2.45, 2.75) is 32.6 Å². The Morgan fingerprint density at radius 2 is 1.85 bits per heavy atom. The van der Waals surface area contributed by atoms with Gasteiger partial charge in [0, 0.05) is 11.3 Å². The van der Waals surface area contributed by atoms with Gasteiger partial charge in [0.1, 0.15) is 0 Å². The Kier molecular flexibility index (Phi) is 5.47. The van der Waals surface area contributed by atoms with Gasteiger partial charge in [-0.2, -0.15) is 0 Å². The van der Waals surface area contributed by atoms with Gasteiger partial charge in [0.15, 0.2) is 5.92 Å². The van der Waals surface area contributed by atoms with Crippen molar-refractivity contribution in [1.82, 2.24) is 0 Å². The minimum absolute atomic E-state index is 0.0407. The summed E-state index contributed by atoms with van der Waals surface area (Å²) in [5, 5.41) is 10.1. The number of hydrogen-bond acceptors (Lipinski definition) is 5. The van der Waals surface area contributed by atoms with Gasteiger partial charge < -0.3 is 14.6 Å². The minimum atomic E-state index is -0.962. The third-order valence-corrected chi connectivity index (χ3v) is 5.63. The topological polar surface area (TPSA) is 72.8 Å². The van der Waals surface area contributed by atoms with Crippen molar-refractivity contribution < 1.29 is 24.2 Å². The van der Waals surface area contributed by atoms with Crippen LogP contribution < -0.4 is 0 Å². The molecule has 0 saturated heterocycles.